The summed E-state index contributed by atoms with van der Waals surface area (Å²) in [5.41, 5.74) is 0. The normalized spacial score (nSPS) is 27.2. The van der Waals surface area contributed by atoms with E-state index in [4.69, 9.17) is 14.6 Å². The van der Waals surface area contributed by atoms with Crippen LogP contribution in [0, 0.1) is 0 Å². The van der Waals surface area contributed by atoms with Gasteiger partial charge in [-0.1, -0.05) is 0 Å². The molecule has 5 heteroatoms. The minimum Gasteiger partial charge on any atom is -0.479 e. The molecule has 1 N–H and O–H groups in total. The summed E-state index contributed by atoms with van der Waals surface area (Å²) in [6.45, 7) is 3.51. The van der Waals surface area contributed by atoms with E-state index in [0.29, 0.717) is 19.1 Å². The van der Waals surface area contributed by atoms with Crippen LogP contribution in [0.5, 0.6) is 0 Å². The van der Waals surface area contributed by atoms with Gasteiger partial charge in [-0.15, -0.1) is 0 Å². The molecule has 0 amide bonds. The van der Waals surface area contributed by atoms with Gasteiger partial charge in [0, 0.05) is 19.7 Å². The number of aliphatic carboxylic acids is 1. The first-order valence-corrected chi connectivity index (χ1v) is 5.62. The molecule has 0 bridgehead atoms. The van der Waals surface area contributed by atoms with Gasteiger partial charge in [-0.05, 0) is 26.8 Å². The third-order valence-electron chi connectivity index (χ3n) is 3.03. The Morgan fingerprint density at radius 1 is 1.62 bits per heavy atom. The van der Waals surface area contributed by atoms with Crippen LogP contribution in [0.3, 0.4) is 0 Å². The molecule has 0 radical (unpaired) electrons. The van der Waals surface area contributed by atoms with Crippen LogP contribution < -0.4 is 0 Å². The van der Waals surface area contributed by atoms with Crippen LogP contribution in [0.1, 0.15) is 19.8 Å². The van der Waals surface area contributed by atoms with Crippen molar-refractivity contribution in [3.05, 3.63) is 0 Å². The number of carboxylic acid groups (broad SMARTS) is 1. The van der Waals surface area contributed by atoms with Gasteiger partial charge in [-0.3, -0.25) is 4.90 Å². The minimum absolute atomic E-state index is 0.0328. The summed E-state index contributed by atoms with van der Waals surface area (Å²) in [6.07, 6.45) is 0.856. The quantitative estimate of drug-likeness (QED) is 0.725. The van der Waals surface area contributed by atoms with Crippen molar-refractivity contribution < 1.29 is 19.4 Å². The zero-order chi connectivity index (χ0) is 12.1. The van der Waals surface area contributed by atoms with Crippen molar-refractivity contribution in [2.75, 3.05) is 27.3 Å². The van der Waals surface area contributed by atoms with Crippen LogP contribution in [0.2, 0.25) is 0 Å². The van der Waals surface area contributed by atoms with Gasteiger partial charge in [0.2, 0.25) is 0 Å². The number of carbonyl (C=O) groups is 1. The highest BCUT2D eigenvalue weighted by Gasteiger charge is 2.31. The summed E-state index contributed by atoms with van der Waals surface area (Å²) in [6, 6.07) is 0.317. The number of hydrogen-bond acceptors (Lipinski definition) is 4. The Balaban J connectivity index is 2.30. The lowest BCUT2D eigenvalue weighted by Gasteiger charge is -2.26. The molecule has 3 unspecified atom stereocenters. The van der Waals surface area contributed by atoms with E-state index in [2.05, 4.69) is 11.8 Å². The monoisotopic (exact) mass is 231 g/mol. The van der Waals surface area contributed by atoms with Crippen molar-refractivity contribution >= 4 is 5.97 Å². The predicted octanol–water partition coefficient (Wildman–Crippen LogP) is 0.585. The maximum Gasteiger partial charge on any atom is 0.332 e. The van der Waals surface area contributed by atoms with E-state index >= 15 is 0 Å². The van der Waals surface area contributed by atoms with Crippen LogP contribution >= 0.6 is 0 Å². The first-order chi connectivity index (χ1) is 7.54. The second kappa shape index (κ2) is 6.18. The van der Waals surface area contributed by atoms with Crippen LogP contribution in [0.4, 0.5) is 0 Å². The van der Waals surface area contributed by atoms with Crippen molar-refractivity contribution in [3.8, 4) is 0 Å². The molecule has 1 rings (SSSR count). The van der Waals surface area contributed by atoms with Gasteiger partial charge in [0.05, 0.1) is 12.7 Å². The Labute approximate surface area is 96.3 Å². The first kappa shape index (κ1) is 13.4. The molecule has 0 aromatic heterocycles. The number of nitrogens with zero attached hydrogens (tertiary/aromatic N) is 1. The van der Waals surface area contributed by atoms with Crippen molar-refractivity contribution in [1.29, 1.82) is 0 Å². The smallest absolute Gasteiger partial charge is 0.332 e. The van der Waals surface area contributed by atoms with Gasteiger partial charge in [-0.2, -0.15) is 0 Å². The van der Waals surface area contributed by atoms with Gasteiger partial charge >= 0.3 is 5.97 Å². The largest absolute Gasteiger partial charge is 0.479 e. The van der Waals surface area contributed by atoms with Crippen molar-refractivity contribution in [3.63, 3.8) is 0 Å². The fourth-order valence-electron chi connectivity index (χ4n) is 1.89. The summed E-state index contributed by atoms with van der Waals surface area (Å²) in [5, 5.41) is 8.80. The second-order valence-corrected chi connectivity index (χ2v) is 4.41. The number of likely N-dealkylation sites (N-methyl/N-ethyl adjacent to an activating group) is 1. The van der Waals surface area contributed by atoms with Crippen LogP contribution in [-0.4, -0.2) is 61.5 Å². The summed E-state index contributed by atoms with van der Waals surface area (Å²) in [7, 11) is 3.68. The maximum absolute atomic E-state index is 10.7. The lowest BCUT2D eigenvalue weighted by atomic mass is 10.2. The number of ether oxygens (including phenoxy) is 2. The Hall–Kier alpha value is -0.650. The molecule has 5 nitrogen and oxygen atoms in total. The molecular weight excluding hydrogens is 210 g/mol. The lowest BCUT2D eigenvalue weighted by molar-refractivity contribution is -0.149. The Kier molecular flexibility index (Phi) is 5.18. The number of carboxylic acids is 1. The molecule has 16 heavy (non-hydrogen) atoms. The fourth-order valence-corrected chi connectivity index (χ4v) is 1.89. The summed E-state index contributed by atoms with van der Waals surface area (Å²) < 4.78 is 10.5. The van der Waals surface area contributed by atoms with Crippen molar-refractivity contribution in [2.24, 2.45) is 0 Å². The molecule has 1 heterocycles. The van der Waals surface area contributed by atoms with Crippen LogP contribution in [0.15, 0.2) is 0 Å². The van der Waals surface area contributed by atoms with Gasteiger partial charge in [0.1, 0.15) is 0 Å². The maximum atomic E-state index is 10.7. The number of methoxy groups -OCH3 is 1. The van der Waals surface area contributed by atoms with E-state index in [0.717, 1.165) is 13.0 Å². The van der Waals surface area contributed by atoms with Gasteiger partial charge < -0.3 is 14.6 Å². The first-order valence-electron chi connectivity index (χ1n) is 5.62. The second-order valence-electron chi connectivity index (χ2n) is 4.41. The molecule has 0 aromatic rings. The van der Waals surface area contributed by atoms with E-state index in [1.807, 2.05) is 7.05 Å². The molecule has 1 fully saturated rings. The van der Waals surface area contributed by atoms with E-state index in [9.17, 15) is 4.79 Å². The van der Waals surface area contributed by atoms with E-state index < -0.39 is 12.1 Å². The molecule has 3 atom stereocenters. The number of rotatable bonds is 6. The molecule has 94 valence electrons. The number of hydrogen-bond donors (Lipinski definition) is 1. The van der Waals surface area contributed by atoms with Crippen LogP contribution in [0.25, 0.3) is 0 Å². The van der Waals surface area contributed by atoms with E-state index in [-0.39, 0.29) is 6.10 Å². The zero-order valence-corrected chi connectivity index (χ0v) is 10.2. The standard InChI is InChI=1S/C11H21NO4/c1-8(7-15-3)12(2)6-9-4-5-10(16-9)11(13)14/h8-10H,4-7H2,1-3H3,(H,13,14). The highest BCUT2D eigenvalue weighted by molar-refractivity contribution is 5.72. The summed E-state index contributed by atoms with van der Waals surface area (Å²) in [5.74, 6) is -0.852. The highest BCUT2D eigenvalue weighted by atomic mass is 16.5. The van der Waals surface area contributed by atoms with E-state index in [1.54, 1.807) is 7.11 Å². The SMILES string of the molecule is COCC(C)N(C)CC1CCC(C(=O)O)O1. The van der Waals surface area contributed by atoms with Crippen molar-refractivity contribution in [2.45, 2.75) is 38.0 Å². The highest BCUT2D eigenvalue weighted by Crippen LogP contribution is 2.20. The van der Waals surface area contributed by atoms with Crippen molar-refractivity contribution in [1.82, 2.24) is 4.90 Å². The Morgan fingerprint density at radius 2 is 2.31 bits per heavy atom. The minimum atomic E-state index is -0.852. The zero-order valence-electron chi connectivity index (χ0n) is 10.2. The Morgan fingerprint density at radius 3 is 2.81 bits per heavy atom. The lowest BCUT2D eigenvalue weighted by Crippen LogP contribution is -2.38. The van der Waals surface area contributed by atoms with E-state index in [1.165, 1.54) is 0 Å². The fraction of sp³-hybridized carbons (Fsp3) is 0.909. The molecule has 0 aromatic carbocycles. The average Bonchev–Trinajstić information content (AvgIpc) is 2.66. The van der Waals surface area contributed by atoms with Gasteiger partial charge in [0.25, 0.3) is 0 Å². The molecule has 0 saturated carbocycles. The molecule has 1 saturated heterocycles. The van der Waals surface area contributed by atoms with Crippen LogP contribution in [-0.2, 0) is 14.3 Å². The van der Waals surface area contributed by atoms with Gasteiger partial charge in [-0.25, -0.2) is 4.79 Å². The Bertz CT molecular complexity index is 234. The molecule has 1 aliphatic rings. The third-order valence-corrected chi connectivity index (χ3v) is 3.03. The molecule has 0 aliphatic carbocycles. The summed E-state index contributed by atoms with van der Waals surface area (Å²) >= 11 is 0. The average molecular weight is 231 g/mol. The topological polar surface area (TPSA) is 59.0 Å². The van der Waals surface area contributed by atoms with Gasteiger partial charge in [0.15, 0.2) is 6.10 Å². The molecular formula is C11H21NO4. The predicted molar refractivity (Wildman–Crippen MR) is 59.5 cm³/mol. The molecule has 1 aliphatic heterocycles. The molecule has 0 spiro atoms. The summed E-state index contributed by atoms with van der Waals surface area (Å²) in [4.78, 5) is 12.8. The third kappa shape index (κ3) is 3.73.